The zero-order chi connectivity index (χ0) is 9.97. The first-order valence-electron chi connectivity index (χ1n) is 4.45. The van der Waals surface area contributed by atoms with Gasteiger partial charge in [0.1, 0.15) is 13.0 Å². The maximum atomic E-state index is 12.2. The molecule has 0 N–H and O–H groups in total. The summed E-state index contributed by atoms with van der Waals surface area (Å²) in [4.78, 5) is 2.94. The number of alkyl halides is 1. The Hall–Kier alpha value is -1.03. The normalized spacial score (nSPS) is 14.3. The highest BCUT2D eigenvalue weighted by molar-refractivity contribution is 7.98. The Labute approximate surface area is 87.0 Å². The molecule has 1 heterocycles. The number of rotatable bonds is 2. The molecule has 1 aromatic rings. The molecule has 0 fully saturated rings. The fourth-order valence-corrected chi connectivity index (χ4v) is 2.19. The van der Waals surface area contributed by atoms with Crippen LogP contribution in [0.5, 0.6) is 0 Å². The number of fused-ring (bicyclic) bond motifs is 1. The second-order valence-electron chi connectivity index (χ2n) is 3.17. The molecule has 2 nitrogen and oxygen atoms in total. The zero-order valence-corrected chi connectivity index (χ0v) is 8.72. The minimum atomic E-state index is -0.357. The van der Waals surface area contributed by atoms with Crippen molar-refractivity contribution in [3.63, 3.8) is 0 Å². The summed E-state index contributed by atoms with van der Waals surface area (Å²) in [6.07, 6.45) is 1.68. The fraction of sp³-hybridized carbons (Fsp3) is 0.300. The summed E-state index contributed by atoms with van der Waals surface area (Å²) in [6, 6.07) is 6.12. The molecule has 74 valence electrons. The number of benzene rings is 1. The van der Waals surface area contributed by atoms with E-state index in [-0.39, 0.29) is 6.67 Å². The molecule has 0 radical (unpaired) electrons. The van der Waals surface area contributed by atoms with Gasteiger partial charge in [0.15, 0.2) is 0 Å². The molecule has 0 saturated carbocycles. The van der Waals surface area contributed by atoms with E-state index in [4.69, 9.17) is 0 Å². The van der Waals surface area contributed by atoms with Gasteiger partial charge >= 0.3 is 0 Å². The smallest absolute Gasteiger partial charge is 0.107 e. The predicted octanol–water partition coefficient (Wildman–Crippen LogP) is 2.82. The summed E-state index contributed by atoms with van der Waals surface area (Å²) in [7, 11) is 0. The van der Waals surface area contributed by atoms with Crippen molar-refractivity contribution in [3.05, 3.63) is 23.8 Å². The van der Waals surface area contributed by atoms with E-state index in [1.54, 1.807) is 6.34 Å². The first kappa shape index (κ1) is 9.52. The van der Waals surface area contributed by atoms with Crippen LogP contribution in [-0.4, -0.2) is 19.6 Å². The van der Waals surface area contributed by atoms with E-state index in [1.165, 1.54) is 17.5 Å². The molecule has 14 heavy (non-hydrogen) atoms. The van der Waals surface area contributed by atoms with Gasteiger partial charge in [-0.15, -0.1) is 0 Å². The largest absolute Gasteiger partial charge is 0.328 e. The maximum absolute atomic E-state index is 12.2. The van der Waals surface area contributed by atoms with Gasteiger partial charge in [-0.05, 0) is 24.6 Å². The molecule has 1 aliphatic rings. The average Bonchev–Trinajstić information content (AvgIpc) is 2.18. The number of hydrogen-bond donors (Lipinski definition) is 0. The Balaban J connectivity index is 2.34. The number of anilines is 1. The third-order valence-corrected chi connectivity index (χ3v) is 2.81. The fourth-order valence-electron chi connectivity index (χ4n) is 1.40. The second-order valence-corrected chi connectivity index (χ2v) is 4.00. The van der Waals surface area contributed by atoms with Gasteiger partial charge in [-0.3, -0.25) is 0 Å². The highest BCUT2D eigenvalue weighted by atomic mass is 32.2. The van der Waals surface area contributed by atoms with E-state index in [1.807, 2.05) is 24.0 Å². The lowest BCUT2D eigenvalue weighted by atomic mass is 10.2. The number of hydrogen-bond acceptors (Lipinski definition) is 3. The van der Waals surface area contributed by atoms with Crippen molar-refractivity contribution in [1.29, 1.82) is 0 Å². The summed E-state index contributed by atoms with van der Waals surface area (Å²) in [5.41, 5.74) is 2.25. The molecule has 0 bridgehead atoms. The molecular formula is C10H11FN2S. The molecule has 0 saturated heterocycles. The molecule has 2 rings (SSSR count). The van der Waals surface area contributed by atoms with Gasteiger partial charge in [-0.25, -0.2) is 8.79 Å². The minimum Gasteiger partial charge on any atom is -0.328 e. The van der Waals surface area contributed by atoms with E-state index in [2.05, 4.69) is 10.5 Å². The third kappa shape index (κ3) is 1.75. The Morgan fingerprint density at radius 2 is 2.36 bits per heavy atom. The lowest BCUT2D eigenvalue weighted by molar-refractivity contribution is 0.503. The topological polar surface area (TPSA) is 15.6 Å². The second kappa shape index (κ2) is 4.00. The van der Waals surface area contributed by atoms with Crippen LogP contribution in [0.25, 0.3) is 0 Å². The SMILES string of the molecule is Cc1ccc2c(c1)SN=CN2CCF. The van der Waals surface area contributed by atoms with Crippen LogP contribution in [-0.2, 0) is 0 Å². The van der Waals surface area contributed by atoms with Gasteiger partial charge < -0.3 is 4.90 Å². The van der Waals surface area contributed by atoms with Crippen LogP contribution in [0.2, 0.25) is 0 Å². The minimum absolute atomic E-state index is 0.357. The third-order valence-electron chi connectivity index (χ3n) is 2.09. The van der Waals surface area contributed by atoms with Crippen molar-refractivity contribution in [2.75, 3.05) is 18.1 Å². The number of halogens is 1. The molecule has 0 aliphatic carbocycles. The van der Waals surface area contributed by atoms with Crippen LogP contribution in [0.3, 0.4) is 0 Å². The van der Waals surface area contributed by atoms with Crippen molar-refractivity contribution in [2.24, 2.45) is 4.40 Å². The molecule has 4 heteroatoms. The van der Waals surface area contributed by atoms with Gasteiger partial charge in [-0.2, -0.15) is 0 Å². The van der Waals surface area contributed by atoms with Gasteiger partial charge in [0.2, 0.25) is 0 Å². The van der Waals surface area contributed by atoms with Gasteiger partial charge in [0.05, 0.1) is 17.1 Å². The average molecular weight is 210 g/mol. The van der Waals surface area contributed by atoms with Gasteiger partial charge in [0.25, 0.3) is 0 Å². The van der Waals surface area contributed by atoms with Crippen LogP contribution < -0.4 is 4.90 Å². The monoisotopic (exact) mass is 210 g/mol. The highest BCUT2D eigenvalue weighted by Gasteiger charge is 2.13. The van der Waals surface area contributed by atoms with Crippen molar-refractivity contribution < 1.29 is 4.39 Å². The lowest BCUT2D eigenvalue weighted by Gasteiger charge is -2.23. The maximum Gasteiger partial charge on any atom is 0.107 e. The van der Waals surface area contributed by atoms with Crippen molar-refractivity contribution in [3.8, 4) is 0 Å². The van der Waals surface area contributed by atoms with Gasteiger partial charge in [-0.1, -0.05) is 6.07 Å². The highest BCUT2D eigenvalue weighted by Crippen LogP contribution is 2.34. The predicted molar refractivity (Wildman–Crippen MR) is 58.8 cm³/mol. The zero-order valence-electron chi connectivity index (χ0n) is 7.90. The summed E-state index contributed by atoms with van der Waals surface area (Å²) in [5, 5.41) is 0. The quantitative estimate of drug-likeness (QED) is 0.697. The van der Waals surface area contributed by atoms with E-state index in [9.17, 15) is 4.39 Å². The Morgan fingerprint density at radius 1 is 1.50 bits per heavy atom. The molecule has 0 spiro atoms. The molecule has 0 atom stereocenters. The van der Waals surface area contributed by atoms with Crippen molar-refractivity contribution >= 4 is 24.0 Å². The standard InChI is InChI=1S/C10H11FN2S/c1-8-2-3-9-10(6-8)14-12-7-13(9)5-4-11/h2-3,6-7H,4-5H2,1H3. The van der Waals surface area contributed by atoms with Crippen LogP contribution in [0.4, 0.5) is 10.1 Å². The first-order valence-corrected chi connectivity index (χ1v) is 5.22. The molecule has 1 aromatic carbocycles. The molecular weight excluding hydrogens is 199 g/mol. The molecule has 0 unspecified atom stereocenters. The van der Waals surface area contributed by atoms with Crippen molar-refractivity contribution in [2.45, 2.75) is 11.8 Å². The Kier molecular flexibility index (Phi) is 2.72. The Morgan fingerprint density at radius 3 is 3.14 bits per heavy atom. The van der Waals surface area contributed by atoms with E-state index < -0.39 is 0 Å². The lowest BCUT2D eigenvalue weighted by Crippen LogP contribution is -2.25. The summed E-state index contributed by atoms with van der Waals surface area (Å²) < 4.78 is 16.4. The van der Waals surface area contributed by atoms with Crippen molar-refractivity contribution in [1.82, 2.24) is 0 Å². The van der Waals surface area contributed by atoms with E-state index >= 15 is 0 Å². The van der Waals surface area contributed by atoms with E-state index in [0.29, 0.717) is 6.54 Å². The van der Waals surface area contributed by atoms with Crippen LogP contribution in [0.1, 0.15) is 5.56 Å². The molecule has 0 amide bonds. The van der Waals surface area contributed by atoms with E-state index in [0.717, 1.165) is 10.6 Å². The summed E-state index contributed by atoms with van der Waals surface area (Å²) in [5.74, 6) is 0. The van der Waals surface area contributed by atoms with Crippen LogP contribution in [0.15, 0.2) is 27.5 Å². The molecule has 0 aromatic heterocycles. The summed E-state index contributed by atoms with van der Waals surface area (Å²) >= 11 is 1.44. The Bertz CT molecular complexity index is 365. The van der Waals surface area contributed by atoms with Crippen LogP contribution >= 0.6 is 11.9 Å². The number of aryl methyl sites for hydroxylation is 1. The summed E-state index contributed by atoms with van der Waals surface area (Å²) in [6.45, 7) is 2.06. The molecule has 1 aliphatic heterocycles. The number of nitrogens with zero attached hydrogens (tertiary/aromatic N) is 2. The van der Waals surface area contributed by atoms with Gasteiger partial charge in [0, 0.05) is 11.9 Å². The first-order chi connectivity index (χ1) is 6.81. The van der Waals surface area contributed by atoms with Crippen LogP contribution in [0, 0.1) is 6.92 Å².